The first-order valence-electron chi connectivity index (χ1n) is 8.30. The summed E-state index contributed by atoms with van der Waals surface area (Å²) in [5, 5.41) is 14.6. The number of hydrogen-bond acceptors (Lipinski definition) is 3. The number of fused-ring (bicyclic) bond motifs is 1. The molecule has 1 saturated heterocycles. The molecule has 2 heterocycles. The van der Waals surface area contributed by atoms with Gasteiger partial charge in [0, 0.05) is 24.5 Å². The van der Waals surface area contributed by atoms with Crippen LogP contribution in [0.15, 0.2) is 17.5 Å². The lowest BCUT2D eigenvalue weighted by atomic mass is 9.81. The van der Waals surface area contributed by atoms with Crippen molar-refractivity contribution in [1.29, 1.82) is 0 Å². The average molecular weight is 336 g/mol. The number of hydrogen-bond donors (Lipinski definition) is 2. The third-order valence-corrected chi connectivity index (χ3v) is 6.21. The fourth-order valence-electron chi connectivity index (χ4n) is 4.01. The summed E-state index contributed by atoms with van der Waals surface area (Å²) in [6.07, 6.45) is 3.54. The number of aliphatic carboxylic acids is 1. The fourth-order valence-corrected chi connectivity index (χ4v) is 4.88. The zero-order valence-electron chi connectivity index (χ0n) is 13.5. The van der Waals surface area contributed by atoms with Crippen molar-refractivity contribution in [1.82, 2.24) is 10.2 Å². The van der Waals surface area contributed by atoms with Crippen LogP contribution in [0.4, 0.5) is 4.79 Å². The van der Waals surface area contributed by atoms with E-state index >= 15 is 0 Å². The van der Waals surface area contributed by atoms with Crippen LogP contribution in [-0.4, -0.2) is 41.6 Å². The van der Waals surface area contributed by atoms with Gasteiger partial charge >= 0.3 is 12.0 Å². The summed E-state index contributed by atoms with van der Waals surface area (Å²) in [6.45, 7) is 3.69. The number of carboxylic acid groups (broad SMARTS) is 1. The molecule has 0 aromatic carbocycles. The predicted molar refractivity (Wildman–Crippen MR) is 89.6 cm³/mol. The van der Waals surface area contributed by atoms with E-state index in [2.05, 4.69) is 23.7 Å². The van der Waals surface area contributed by atoms with Crippen molar-refractivity contribution in [2.75, 3.05) is 19.6 Å². The number of carbonyl (C=O) groups excluding carboxylic acids is 1. The number of urea groups is 1. The minimum Gasteiger partial charge on any atom is -0.481 e. The Morgan fingerprint density at radius 3 is 3.04 bits per heavy atom. The third-order valence-electron chi connectivity index (χ3n) is 5.32. The van der Waals surface area contributed by atoms with Crippen molar-refractivity contribution in [3.05, 3.63) is 22.4 Å². The Kier molecular flexibility index (Phi) is 4.62. The molecule has 0 spiro atoms. The van der Waals surface area contributed by atoms with Crippen molar-refractivity contribution in [2.24, 2.45) is 17.3 Å². The van der Waals surface area contributed by atoms with E-state index in [-0.39, 0.29) is 11.9 Å². The number of amides is 2. The van der Waals surface area contributed by atoms with E-state index in [1.165, 1.54) is 4.88 Å². The quantitative estimate of drug-likeness (QED) is 0.869. The van der Waals surface area contributed by atoms with E-state index in [4.69, 9.17) is 0 Å². The number of nitrogens with zero attached hydrogens (tertiary/aromatic N) is 1. The van der Waals surface area contributed by atoms with Crippen LogP contribution in [0.25, 0.3) is 0 Å². The minimum absolute atomic E-state index is 0.113. The summed E-state index contributed by atoms with van der Waals surface area (Å²) in [6, 6.07) is 4.04. The molecule has 5 nitrogen and oxygen atoms in total. The van der Waals surface area contributed by atoms with Crippen molar-refractivity contribution in [3.8, 4) is 0 Å². The van der Waals surface area contributed by atoms with Gasteiger partial charge in [0.2, 0.25) is 0 Å². The second-order valence-electron chi connectivity index (χ2n) is 7.01. The normalized spacial score (nSPS) is 27.7. The van der Waals surface area contributed by atoms with Gasteiger partial charge in [-0.05, 0) is 42.5 Å². The van der Waals surface area contributed by atoms with Crippen LogP contribution in [0.5, 0.6) is 0 Å². The van der Waals surface area contributed by atoms with Gasteiger partial charge in [0.1, 0.15) is 0 Å². The maximum absolute atomic E-state index is 12.4. The van der Waals surface area contributed by atoms with Gasteiger partial charge in [0.05, 0.1) is 5.41 Å². The molecule has 2 N–H and O–H groups in total. The Balaban J connectivity index is 1.50. The lowest BCUT2D eigenvalue weighted by molar-refractivity contribution is -0.149. The third kappa shape index (κ3) is 3.22. The molecule has 3 atom stereocenters. The lowest BCUT2D eigenvalue weighted by Crippen LogP contribution is -2.43. The van der Waals surface area contributed by atoms with E-state index < -0.39 is 11.4 Å². The van der Waals surface area contributed by atoms with E-state index in [0.29, 0.717) is 32.0 Å². The Bertz CT molecular complexity index is 574. The molecule has 1 aliphatic carbocycles. The zero-order valence-corrected chi connectivity index (χ0v) is 14.3. The summed E-state index contributed by atoms with van der Waals surface area (Å²) in [7, 11) is 0. The smallest absolute Gasteiger partial charge is 0.317 e. The zero-order chi connectivity index (χ0) is 16.4. The van der Waals surface area contributed by atoms with Gasteiger partial charge < -0.3 is 15.3 Å². The highest BCUT2D eigenvalue weighted by Gasteiger charge is 2.55. The van der Waals surface area contributed by atoms with E-state index in [1.54, 1.807) is 16.2 Å². The largest absolute Gasteiger partial charge is 0.481 e. The van der Waals surface area contributed by atoms with Crippen molar-refractivity contribution in [2.45, 2.75) is 32.6 Å². The van der Waals surface area contributed by atoms with Gasteiger partial charge in [-0.25, -0.2) is 4.79 Å². The number of likely N-dealkylation sites (tertiary alicyclic amines) is 1. The van der Waals surface area contributed by atoms with Crippen LogP contribution < -0.4 is 5.32 Å². The van der Waals surface area contributed by atoms with Gasteiger partial charge in [-0.2, -0.15) is 0 Å². The van der Waals surface area contributed by atoms with Crippen LogP contribution in [0.3, 0.4) is 0 Å². The first-order valence-corrected chi connectivity index (χ1v) is 9.18. The monoisotopic (exact) mass is 336 g/mol. The van der Waals surface area contributed by atoms with Crippen molar-refractivity contribution in [3.63, 3.8) is 0 Å². The highest BCUT2D eigenvalue weighted by Crippen LogP contribution is 2.48. The summed E-state index contributed by atoms with van der Waals surface area (Å²) >= 11 is 1.74. The van der Waals surface area contributed by atoms with Gasteiger partial charge in [-0.3, -0.25) is 4.79 Å². The van der Waals surface area contributed by atoms with Crippen molar-refractivity contribution < 1.29 is 14.7 Å². The maximum atomic E-state index is 12.4. The number of carbonyl (C=O) groups is 2. The number of thiophene rings is 1. The van der Waals surface area contributed by atoms with Crippen LogP contribution in [0.1, 0.15) is 31.1 Å². The maximum Gasteiger partial charge on any atom is 0.317 e. The summed E-state index contributed by atoms with van der Waals surface area (Å²) < 4.78 is 0. The molecule has 1 aliphatic heterocycles. The molecule has 1 saturated carbocycles. The van der Waals surface area contributed by atoms with Gasteiger partial charge in [-0.1, -0.05) is 19.4 Å². The van der Waals surface area contributed by atoms with Crippen molar-refractivity contribution >= 4 is 23.3 Å². The average Bonchev–Trinajstić information content (AvgIpc) is 3.19. The molecule has 2 aliphatic rings. The van der Waals surface area contributed by atoms with Gasteiger partial charge in [-0.15, -0.1) is 11.3 Å². The first kappa shape index (κ1) is 16.3. The molecule has 0 bridgehead atoms. The minimum atomic E-state index is -0.735. The molecule has 3 rings (SSSR count). The molecule has 6 heteroatoms. The highest BCUT2D eigenvalue weighted by molar-refractivity contribution is 7.09. The topological polar surface area (TPSA) is 69.6 Å². The van der Waals surface area contributed by atoms with Crippen LogP contribution in [0.2, 0.25) is 0 Å². The standard InChI is InChI=1S/C17H24N2O3S/c1-12(8-14-5-3-7-23-14)9-18-16(22)19-10-13-4-2-6-17(13,11-19)15(20)21/h3,5,7,12-13H,2,4,6,8-11H2,1H3,(H,18,22)(H,20,21)/t12?,13-,17+/m0/s1. The summed E-state index contributed by atoms with van der Waals surface area (Å²) in [5.74, 6) is -0.246. The van der Waals surface area contributed by atoms with E-state index in [1.807, 2.05) is 6.07 Å². The second kappa shape index (κ2) is 6.51. The molecule has 1 aromatic rings. The molecule has 1 aromatic heterocycles. The number of carboxylic acids is 1. The molecule has 126 valence electrons. The first-order chi connectivity index (χ1) is 11.0. The summed E-state index contributed by atoms with van der Waals surface area (Å²) in [4.78, 5) is 27.1. The lowest BCUT2D eigenvalue weighted by Gasteiger charge is -2.23. The Morgan fingerprint density at radius 2 is 2.39 bits per heavy atom. The van der Waals surface area contributed by atoms with Gasteiger partial charge in [0.15, 0.2) is 0 Å². The molecule has 2 fully saturated rings. The fraction of sp³-hybridized carbons (Fsp3) is 0.647. The molecule has 2 amide bonds. The van der Waals surface area contributed by atoms with Gasteiger partial charge in [0.25, 0.3) is 0 Å². The van der Waals surface area contributed by atoms with E-state index in [0.717, 1.165) is 19.3 Å². The SMILES string of the molecule is CC(CNC(=O)N1C[C@@H]2CCC[C@@]2(C(=O)O)C1)Cc1cccs1. The van der Waals surface area contributed by atoms with Crippen LogP contribution in [0, 0.1) is 17.3 Å². The molecular formula is C17H24N2O3S. The molecule has 23 heavy (non-hydrogen) atoms. The Morgan fingerprint density at radius 1 is 1.57 bits per heavy atom. The Labute approximate surface area is 140 Å². The highest BCUT2D eigenvalue weighted by atomic mass is 32.1. The number of nitrogens with one attached hydrogen (secondary N) is 1. The predicted octanol–water partition coefficient (Wildman–Crippen LogP) is 2.82. The second-order valence-corrected chi connectivity index (χ2v) is 8.04. The number of rotatable bonds is 5. The molecular weight excluding hydrogens is 312 g/mol. The van der Waals surface area contributed by atoms with Crippen LogP contribution >= 0.6 is 11.3 Å². The Hall–Kier alpha value is -1.56. The molecule has 0 radical (unpaired) electrons. The molecule has 1 unspecified atom stereocenters. The van der Waals surface area contributed by atoms with Crippen LogP contribution in [-0.2, 0) is 11.2 Å². The van der Waals surface area contributed by atoms with E-state index in [9.17, 15) is 14.7 Å². The summed E-state index contributed by atoms with van der Waals surface area (Å²) in [5.41, 5.74) is -0.695.